The Labute approximate surface area is 115 Å². The summed E-state index contributed by atoms with van der Waals surface area (Å²) in [5.41, 5.74) is 3.98. The molecule has 18 heavy (non-hydrogen) atoms. The molecule has 0 saturated heterocycles. The van der Waals surface area contributed by atoms with Crippen LogP contribution in [0.5, 0.6) is 0 Å². The average Bonchev–Trinajstić information content (AvgIpc) is 2.36. The highest BCUT2D eigenvalue weighted by molar-refractivity contribution is 8.08. The van der Waals surface area contributed by atoms with Crippen molar-refractivity contribution >= 4 is 16.7 Å². The van der Waals surface area contributed by atoms with Crippen molar-refractivity contribution in [2.45, 2.75) is 33.7 Å². The molecular weight excluding hydrogens is 238 g/mol. The molecule has 1 atom stereocenters. The van der Waals surface area contributed by atoms with Crippen molar-refractivity contribution in [1.29, 1.82) is 0 Å². The van der Waals surface area contributed by atoms with Gasteiger partial charge in [0.2, 0.25) is 0 Å². The molecule has 0 aliphatic heterocycles. The van der Waals surface area contributed by atoms with Crippen molar-refractivity contribution in [3.63, 3.8) is 0 Å². The van der Waals surface area contributed by atoms with Crippen molar-refractivity contribution in [3.8, 4) is 0 Å². The normalized spacial score (nSPS) is 11.8. The lowest BCUT2D eigenvalue weighted by atomic mass is 10.0. The third-order valence-corrected chi connectivity index (χ3v) is 4.00. The van der Waals surface area contributed by atoms with Gasteiger partial charge in [0, 0.05) is 10.9 Å². The monoisotopic (exact) mass is 261 g/mol. The van der Waals surface area contributed by atoms with E-state index in [0.717, 1.165) is 5.75 Å². The predicted molar refractivity (Wildman–Crippen MR) is 84.6 cm³/mol. The molecule has 1 rings (SSSR count). The van der Waals surface area contributed by atoms with E-state index in [9.17, 15) is 0 Å². The molecule has 0 spiro atoms. The molecule has 0 fully saturated rings. The van der Waals surface area contributed by atoms with Crippen LogP contribution in [0, 0.1) is 0 Å². The van der Waals surface area contributed by atoms with Crippen LogP contribution in [-0.2, 0) is 0 Å². The van der Waals surface area contributed by atoms with Crippen LogP contribution >= 0.6 is 11.8 Å². The van der Waals surface area contributed by atoms with Crippen LogP contribution in [0.25, 0.3) is 4.91 Å². The molecular formula is C16H23NS. The van der Waals surface area contributed by atoms with Gasteiger partial charge in [-0.3, -0.25) is 0 Å². The highest BCUT2D eigenvalue weighted by atomic mass is 32.2. The number of thioether (sulfide) groups is 1. The molecule has 0 aromatic heterocycles. The van der Waals surface area contributed by atoms with Gasteiger partial charge < -0.3 is 5.32 Å². The molecule has 0 aliphatic carbocycles. The minimum absolute atomic E-state index is 0.311. The molecule has 2 heteroatoms. The summed E-state index contributed by atoms with van der Waals surface area (Å²) in [6.45, 7) is 12.4. The van der Waals surface area contributed by atoms with Gasteiger partial charge in [0.05, 0.1) is 0 Å². The summed E-state index contributed by atoms with van der Waals surface area (Å²) in [5.74, 6) is 1.11. The van der Waals surface area contributed by atoms with Gasteiger partial charge >= 0.3 is 0 Å². The van der Waals surface area contributed by atoms with Crippen LogP contribution in [0.1, 0.15) is 44.9 Å². The minimum atomic E-state index is 0.311. The van der Waals surface area contributed by atoms with Crippen molar-refractivity contribution in [3.05, 3.63) is 53.7 Å². The standard InChI is InChI=1S/C16H23NS/c1-6-17-13(5)14-8-10-15(11-9-14)16(12(3)4)18-7-2/h6,8-11,13,17H,1,7H2,2-5H3. The zero-order valence-corrected chi connectivity index (χ0v) is 12.6. The maximum Gasteiger partial charge on any atom is 0.0479 e. The lowest BCUT2D eigenvalue weighted by molar-refractivity contribution is 0.687. The van der Waals surface area contributed by atoms with Crippen LogP contribution in [-0.4, -0.2) is 5.75 Å². The topological polar surface area (TPSA) is 12.0 Å². The first-order valence-electron chi connectivity index (χ1n) is 6.37. The summed E-state index contributed by atoms with van der Waals surface area (Å²) in [7, 11) is 0. The first-order valence-corrected chi connectivity index (χ1v) is 7.36. The van der Waals surface area contributed by atoms with Gasteiger partial charge in [0.1, 0.15) is 0 Å². The quantitative estimate of drug-likeness (QED) is 0.774. The number of hydrogen-bond acceptors (Lipinski definition) is 2. The Kier molecular flexibility index (Phi) is 6.06. The molecule has 0 aliphatic rings. The summed E-state index contributed by atoms with van der Waals surface area (Å²) in [4.78, 5) is 1.40. The van der Waals surface area contributed by atoms with Crippen LogP contribution in [0.3, 0.4) is 0 Å². The first kappa shape index (κ1) is 14.9. The van der Waals surface area contributed by atoms with E-state index in [-0.39, 0.29) is 0 Å². The van der Waals surface area contributed by atoms with Crippen molar-refractivity contribution in [1.82, 2.24) is 5.32 Å². The van der Waals surface area contributed by atoms with Gasteiger partial charge in [-0.25, -0.2) is 0 Å². The number of allylic oxidation sites excluding steroid dienone is 1. The van der Waals surface area contributed by atoms with Gasteiger partial charge in [0.25, 0.3) is 0 Å². The second-order valence-electron chi connectivity index (χ2n) is 4.48. The van der Waals surface area contributed by atoms with Gasteiger partial charge in [-0.05, 0) is 43.9 Å². The minimum Gasteiger partial charge on any atom is -0.385 e. The van der Waals surface area contributed by atoms with Crippen molar-refractivity contribution < 1.29 is 0 Å². The Morgan fingerprint density at radius 3 is 2.39 bits per heavy atom. The molecule has 0 bridgehead atoms. The molecule has 0 radical (unpaired) electrons. The van der Waals surface area contributed by atoms with Gasteiger partial charge in [0.15, 0.2) is 0 Å². The second kappa shape index (κ2) is 7.32. The fourth-order valence-electron chi connectivity index (χ4n) is 1.86. The molecule has 1 aromatic carbocycles. The maximum atomic E-state index is 3.70. The summed E-state index contributed by atoms with van der Waals surface area (Å²) in [6.07, 6.45) is 1.74. The number of hydrogen-bond donors (Lipinski definition) is 1. The van der Waals surface area contributed by atoms with Gasteiger partial charge in [-0.2, -0.15) is 0 Å². The van der Waals surface area contributed by atoms with E-state index < -0.39 is 0 Å². The van der Waals surface area contributed by atoms with Crippen LogP contribution < -0.4 is 5.32 Å². The Morgan fingerprint density at radius 1 is 1.33 bits per heavy atom. The molecule has 0 amide bonds. The predicted octanol–water partition coefficient (Wildman–Crippen LogP) is 4.98. The van der Waals surface area contributed by atoms with Crippen LogP contribution in [0.4, 0.5) is 0 Å². The molecule has 1 unspecified atom stereocenters. The summed E-state index contributed by atoms with van der Waals surface area (Å²) in [5, 5.41) is 3.21. The summed E-state index contributed by atoms with van der Waals surface area (Å²) < 4.78 is 0. The van der Waals surface area contributed by atoms with E-state index in [4.69, 9.17) is 0 Å². The van der Waals surface area contributed by atoms with Crippen LogP contribution in [0.15, 0.2) is 42.6 Å². The average molecular weight is 261 g/mol. The Hall–Kier alpha value is -1.15. The summed E-state index contributed by atoms with van der Waals surface area (Å²) in [6, 6.07) is 9.11. The van der Waals surface area contributed by atoms with Crippen molar-refractivity contribution in [2.24, 2.45) is 0 Å². The summed E-state index contributed by atoms with van der Waals surface area (Å²) >= 11 is 1.91. The highest BCUT2D eigenvalue weighted by Crippen LogP contribution is 2.31. The lowest BCUT2D eigenvalue weighted by Crippen LogP contribution is -2.10. The van der Waals surface area contributed by atoms with Crippen LogP contribution in [0.2, 0.25) is 0 Å². The lowest BCUT2D eigenvalue weighted by Gasteiger charge is -2.14. The Balaban J connectivity index is 2.94. The zero-order chi connectivity index (χ0) is 13.5. The maximum absolute atomic E-state index is 3.70. The van der Waals surface area contributed by atoms with E-state index in [1.54, 1.807) is 6.20 Å². The largest absolute Gasteiger partial charge is 0.385 e. The fourth-order valence-corrected chi connectivity index (χ4v) is 2.74. The SMILES string of the molecule is C=CNC(C)c1ccc(C(SCC)=C(C)C)cc1. The van der Waals surface area contributed by atoms with Gasteiger partial charge in [-0.15, -0.1) is 11.8 Å². The number of benzene rings is 1. The molecule has 1 nitrogen and oxygen atoms in total. The molecule has 1 aromatic rings. The van der Waals surface area contributed by atoms with E-state index in [2.05, 4.69) is 63.9 Å². The van der Waals surface area contributed by atoms with E-state index in [1.165, 1.54) is 21.6 Å². The molecule has 1 N–H and O–H groups in total. The third kappa shape index (κ3) is 3.95. The Morgan fingerprint density at radius 2 is 1.94 bits per heavy atom. The van der Waals surface area contributed by atoms with E-state index >= 15 is 0 Å². The van der Waals surface area contributed by atoms with Gasteiger partial charge in [-0.1, -0.05) is 43.3 Å². The third-order valence-electron chi connectivity index (χ3n) is 2.78. The molecule has 0 heterocycles. The van der Waals surface area contributed by atoms with E-state index in [1.807, 2.05) is 11.8 Å². The highest BCUT2D eigenvalue weighted by Gasteiger charge is 2.06. The smallest absolute Gasteiger partial charge is 0.0479 e. The zero-order valence-electron chi connectivity index (χ0n) is 11.8. The number of nitrogens with one attached hydrogen (secondary N) is 1. The van der Waals surface area contributed by atoms with Crippen molar-refractivity contribution in [2.75, 3.05) is 5.75 Å². The molecule has 0 saturated carbocycles. The molecule has 98 valence electrons. The fraction of sp³-hybridized carbons (Fsp3) is 0.375. The number of rotatable bonds is 6. The second-order valence-corrected chi connectivity index (χ2v) is 5.75. The van der Waals surface area contributed by atoms with E-state index in [0.29, 0.717) is 6.04 Å². The first-order chi connectivity index (χ1) is 8.60. The Bertz CT molecular complexity index is 413.